The van der Waals surface area contributed by atoms with Crippen LogP contribution in [0.15, 0.2) is 42.5 Å². The molecule has 2 rings (SSSR count). The number of ether oxygens (including phenoxy) is 1. The van der Waals surface area contributed by atoms with Crippen molar-refractivity contribution < 1.29 is 9.13 Å². The highest BCUT2D eigenvalue weighted by atomic mass is 35.5. The highest BCUT2D eigenvalue weighted by Crippen LogP contribution is 2.29. The summed E-state index contributed by atoms with van der Waals surface area (Å²) in [6.07, 6.45) is 0.340. The Morgan fingerprint density at radius 1 is 1.16 bits per heavy atom. The van der Waals surface area contributed by atoms with Crippen molar-refractivity contribution >= 4 is 11.6 Å². The monoisotopic (exact) mass is 275 g/mol. The van der Waals surface area contributed by atoms with Crippen LogP contribution in [0.25, 0.3) is 0 Å². The van der Waals surface area contributed by atoms with Gasteiger partial charge in [-0.1, -0.05) is 24.3 Å². The van der Waals surface area contributed by atoms with Crippen LogP contribution in [0.4, 0.5) is 4.39 Å². The predicted octanol–water partition coefficient (Wildman–Crippen LogP) is 4.42. The van der Waals surface area contributed by atoms with Crippen molar-refractivity contribution in [2.24, 2.45) is 0 Å². The van der Waals surface area contributed by atoms with E-state index in [2.05, 4.69) is 6.07 Å². The third-order valence-corrected chi connectivity index (χ3v) is 2.91. The number of halogens is 2. The first-order valence-electron chi connectivity index (χ1n) is 5.71. The number of nitrogens with zero attached hydrogens (tertiary/aromatic N) is 1. The van der Waals surface area contributed by atoms with Crippen LogP contribution in [-0.2, 0) is 12.3 Å². The Hall–Kier alpha value is -2.05. The second-order valence-corrected chi connectivity index (χ2v) is 4.21. The van der Waals surface area contributed by atoms with Gasteiger partial charge >= 0.3 is 0 Å². The number of alkyl halides is 1. The first-order valence-corrected chi connectivity index (χ1v) is 6.25. The van der Waals surface area contributed by atoms with E-state index in [9.17, 15) is 4.39 Å². The maximum Gasteiger partial charge on any atom is 0.167 e. The molecule has 2 nitrogen and oxygen atoms in total. The van der Waals surface area contributed by atoms with Gasteiger partial charge in [0.05, 0.1) is 18.4 Å². The van der Waals surface area contributed by atoms with Gasteiger partial charge in [0.25, 0.3) is 0 Å². The fourth-order valence-electron chi connectivity index (χ4n) is 1.66. The summed E-state index contributed by atoms with van der Waals surface area (Å²) < 4.78 is 19.2. The van der Waals surface area contributed by atoms with Gasteiger partial charge in [0, 0.05) is 5.56 Å². The molecule has 0 saturated carbocycles. The average molecular weight is 276 g/mol. The van der Waals surface area contributed by atoms with E-state index in [-0.39, 0.29) is 11.6 Å². The van der Waals surface area contributed by atoms with Crippen molar-refractivity contribution in [2.75, 3.05) is 0 Å². The van der Waals surface area contributed by atoms with Crippen molar-refractivity contribution in [1.82, 2.24) is 0 Å². The van der Waals surface area contributed by atoms with Crippen molar-refractivity contribution in [3.05, 3.63) is 59.4 Å². The minimum absolute atomic E-state index is 0.144. The van der Waals surface area contributed by atoms with Gasteiger partial charge < -0.3 is 4.74 Å². The minimum Gasteiger partial charge on any atom is -0.454 e. The summed E-state index contributed by atoms with van der Waals surface area (Å²) in [6.45, 7) is 0. The molecule has 0 aliphatic rings. The standard InChI is InChI=1S/C15H11ClFNO/c16-10-12-2-1-3-14(17)15(12)19-13-6-4-11(5-7-13)8-9-18/h1-7H,8,10H2. The zero-order valence-electron chi connectivity index (χ0n) is 10.1. The largest absolute Gasteiger partial charge is 0.454 e. The van der Waals surface area contributed by atoms with Gasteiger partial charge in [0.15, 0.2) is 11.6 Å². The quantitative estimate of drug-likeness (QED) is 0.774. The molecule has 0 heterocycles. The average Bonchev–Trinajstić information content (AvgIpc) is 2.43. The third kappa shape index (κ3) is 3.24. The summed E-state index contributed by atoms with van der Waals surface area (Å²) in [5.41, 5.74) is 1.49. The molecule has 0 aliphatic heterocycles. The van der Waals surface area contributed by atoms with E-state index in [4.69, 9.17) is 21.6 Å². The summed E-state index contributed by atoms with van der Waals surface area (Å²) in [4.78, 5) is 0. The lowest BCUT2D eigenvalue weighted by Gasteiger charge is -2.10. The molecule has 0 aliphatic carbocycles. The molecule has 0 unspecified atom stereocenters. The second-order valence-electron chi connectivity index (χ2n) is 3.94. The van der Waals surface area contributed by atoms with Crippen LogP contribution in [0.3, 0.4) is 0 Å². The Bertz CT molecular complexity index is 605. The number of hydrogen-bond acceptors (Lipinski definition) is 2. The maximum atomic E-state index is 13.7. The summed E-state index contributed by atoms with van der Waals surface area (Å²) in [7, 11) is 0. The van der Waals surface area contributed by atoms with E-state index in [1.807, 2.05) is 0 Å². The third-order valence-electron chi connectivity index (χ3n) is 2.62. The van der Waals surface area contributed by atoms with Crippen LogP contribution in [-0.4, -0.2) is 0 Å². The molecule has 0 fully saturated rings. The van der Waals surface area contributed by atoms with Gasteiger partial charge in [-0.25, -0.2) is 4.39 Å². The van der Waals surface area contributed by atoms with Crippen molar-refractivity contribution in [3.8, 4) is 17.6 Å². The van der Waals surface area contributed by atoms with Gasteiger partial charge in [-0.15, -0.1) is 11.6 Å². The number of nitriles is 1. The molecule has 2 aromatic rings. The van der Waals surface area contributed by atoms with Crippen LogP contribution in [0, 0.1) is 17.1 Å². The topological polar surface area (TPSA) is 33.0 Å². The number of hydrogen-bond donors (Lipinski definition) is 0. The first kappa shape index (κ1) is 13.4. The molecule has 0 N–H and O–H groups in total. The van der Waals surface area contributed by atoms with Crippen molar-refractivity contribution in [1.29, 1.82) is 5.26 Å². The molecule has 0 amide bonds. The molecule has 0 radical (unpaired) electrons. The van der Waals surface area contributed by atoms with Crippen LogP contribution in [0.2, 0.25) is 0 Å². The highest BCUT2D eigenvalue weighted by molar-refractivity contribution is 6.17. The van der Waals surface area contributed by atoms with E-state index in [0.29, 0.717) is 17.7 Å². The van der Waals surface area contributed by atoms with Crippen molar-refractivity contribution in [2.45, 2.75) is 12.3 Å². The molecule has 96 valence electrons. The lowest BCUT2D eigenvalue weighted by molar-refractivity contribution is 0.438. The van der Waals surface area contributed by atoms with E-state index < -0.39 is 5.82 Å². The molecule has 0 aromatic heterocycles. The van der Waals surface area contributed by atoms with E-state index >= 15 is 0 Å². The van der Waals surface area contributed by atoms with Gasteiger partial charge in [-0.2, -0.15) is 5.26 Å². The fraction of sp³-hybridized carbons (Fsp3) is 0.133. The SMILES string of the molecule is N#CCc1ccc(Oc2c(F)cccc2CCl)cc1. The molecule has 0 atom stereocenters. The Morgan fingerprint density at radius 3 is 2.53 bits per heavy atom. The Labute approximate surface area is 116 Å². The Balaban J connectivity index is 2.24. The summed E-state index contributed by atoms with van der Waals surface area (Å²) in [5, 5.41) is 8.58. The molecular weight excluding hydrogens is 265 g/mol. The second kappa shape index (κ2) is 6.21. The molecule has 0 spiro atoms. The van der Waals surface area contributed by atoms with Gasteiger partial charge in [-0.3, -0.25) is 0 Å². The summed E-state index contributed by atoms with van der Waals surface area (Å²) in [5.74, 6) is 0.391. The maximum absolute atomic E-state index is 13.7. The summed E-state index contributed by atoms with van der Waals surface area (Å²) in [6, 6.07) is 13.7. The smallest absolute Gasteiger partial charge is 0.167 e. The lowest BCUT2D eigenvalue weighted by Crippen LogP contribution is -1.93. The normalized spacial score (nSPS) is 9.95. The minimum atomic E-state index is -0.445. The van der Waals surface area contributed by atoms with Gasteiger partial charge in [0.1, 0.15) is 5.75 Å². The van der Waals surface area contributed by atoms with Crippen LogP contribution in [0.1, 0.15) is 11.1 Å². The van der Waals surface area contributed by atoms with Gasteiger partial charge in [0.2, 0.25) is 0 Å². The number of benzene rings is 2. The Morgan fingerprint density at radius 2 is 1.89 bits per heavy atom. The molecule has 19 heavy (non-hydrogen) atoms. The lowest BCUT2D eigenvalue weighted by atomic mass is 10.1. The molecular formula is C15H11ClFNO. The molecule has 0 bridgehead atoms. The fourth-order valence-corrected chi connectivity index (χ4v) is 1.87. The van der Waals surface area contributed by atoms with E-state index in [1.165, 1.54) is 6.07 Å². The predicted molar refractivity (Wildman–Crippen MR) is 71.8 cm³/mol. The zero-order valence-corrected chi connectivity index (χ0v) is 10.8. The summed E-state index contributed by atoms with van der Waals surface area (Å²) >= 11 is 5.75. The zero-order chi connectivity index (χ0) is 13.7. The molecule has 2 aromatic carbocycles. The highest BCUT2D eigenvalue weighted by Gasteiger charge is 2.10. The van der Waals surface area contributed by atoms with E-state index in [0.717, 1.165) is 5.56 Å². The number of para-hydroxylation sites is 1. The van der Waals surface area contributed by atoms with Crippen molar-refractivity contribution in [3.63, 3.8) is 0 Å². The Kier molecular flexibility index (Phi) is 4.38. The first-order chi connectivity index (χ1) is 9.24. The van der Waals surface area contributed by atoms with Crippen LogP contribution < -0.4 is 4.74 Å². The molecule has 0 saturated heterocycles. The van der Waals surface area contributed by atoms with E-state index in [1.54, 1.807) is 36.4 Å². The number of rotatable bonds is 4. The van der Waals surface area contributed by atoms with Crippen LogP contribution in [0.5, 0.6) is 11.5 Å². The van der Waals surface area contributed by atoms with Crippen LogP contribution >= 0.6 is 11.6 Å². The van der Waals surface area contributed by atoms with Gasteiger partial charge in [-0.05, 0) is 23.8 Å². The molecule has 4 heteroatoms.